The van der Waals surface area contributed by atoms with E-state index in [0.717, 1.165) is 5.56 Å². The molecule has 0 bridgehead atoms. The maximum absolute atomic E-state index is 13.1. The summed E-state index contributed by atoms with van der Waals surface area (Å²) in [6.07, 6.45) is 0.926. The van der Waals surface area contributed by atoms with Gasteiger partial charge in [-0.3, -0.25) is 9.59 Å². The Bertz CT molecular complexity index is 604. The number of methoxy groups -OCH3 is 1. The van der Waals surface area contributed by atoms with Crippen LogP contribution in [0.1, 0.15) is 38.3 Å². The van der Waals surface area contributed by atoms with Crippen LogP contribution in [0.2, 0.25) is 5.02 Å². The van der Waals surface area contributed by atoms with Gasteiger partial charge in [0.2, 0.25) is 11.8 Å². The molecule has 1 saturated heterocycles. The lowest BCUT2D eigenvalue weighted by atomic mass is 9.83. The van der Waals surface area contributed by atoms with Crippen LogP contribution >= 0.6 is 11.6 Å². The van der Waals surface area contributed by atoms with Crippen LogP contribution in [0.4, 0.5) is 0 Å². The molecule has 25 heavy (non-hydrogen) atoms. The molecule has 0 radical (unpaired) electrons. The van der Waals surface area contributed by atoms with Crippen molar-refractivity contribution in [3.05, 3.63) is 34.9 Å². The van der Waals surface area contributed by atoms with Crippen LogP contribution < -0.4 is 0 Å². The van der Waals surface area contributed by atoms with Crippen molar-refractivity contribution in [2.45, 2.75) is 32.7 Å². The topological polar surface area (TPSA) is 49.9 Å². The van der Waals surface area contributed by atoms with Gasteiger partial charge in [-0.25, -0.2) is 0 Å². The highest BCUT2D eigenvalue weighted by molar-refractivity contribution is 6.31. The second kappa shape index (κ2) is 9.20. The molecule has 0 saturated carbocycles. The first kappa shape index (κ1) is 19.7. The molecule has 0 aliphatic carbocycles. The molecule has 6 heteroatoms. The summed E-state index contributed by atoms with van der Waals surface area (Å²) in [6.45, 7) is 6.15. The lowest BCUT2D eigenvalue weighted by Gasteiger charge is -2.42. The number of ether oxygens (including phenoxy) is 1. The SMILES string of the molecule is CCN(CC)C(=O)[C@@H]1CCC(=O)N(CCOC)[C@H]1c1ccccc1Cl. The van der Waals surface area contributed by atoms with Crippen LogP contribution in [0.5, 0.6) is 0 Å². The smallest absolute Gasteiger partial charge is 0.228 e. The molecule has 1 aromatic carbocycles. The molecule has 0 aromatic heterocycles. The fourth-order valence-corrected chi connectivity index (χ4v) is 3.78. The highest BCUT2D eigenvalue weighted by atomic mass is 35.5. The van der Waals surface area contributed by atoms with Crippen LogP contribution in [0, 0.1) is 5.92 Å². The predicted octanol–water partition coefficient (Wildman–Crippen LogP) is 3.13. The van der Waals surface area contributed by atoms with Gasteiger partial charge in [-0.2, -0.15) is 0 Å². The number of carbonyl (C=O) groups excluding carboxylic acids is 2. The molecule has 1 fully saturated rings. The van der Waals surface area contributed by atoms with Gasteiger partial charge < -0.3 is 14.5 Å². The van der Waals surface area contributed by atoms with E-state index >= 15 is 0 Å². The number of carbonyl (C=O) groups is 2. The first-order valence-corrected chi connectivity index (χ1v) is 9.24. The lowest BCUT2D eigenvalue weighted by molar-refractivity contribution is -0.148. The molecule has 2 atom stereocenters. The number of benzene rings is 1. The lowest BCUT2D eigenvalue weighted by Crippen LogP contribution is -2.50. The summed E-state index contributed by atoms with van der Waals surface area (Å²) in [6, 6.07) is 7.13. The van der Waals surface area contributed by atoms with Gasteiger partial charge in [0.05, 0.1) is 18.6 Å². The average Bonchev–Trinajstić information content (AvgIpc) is 2.62. The van der Waals surface area contributed by atoms with Gasteiger partial charge in [-0.1, -0.05) is 29.8 Å². The molecule has 1 aliphatic rings. The molecule has 2 amide bonds. The van der Waals surface area contributed by atoms with Crippen LogP contribution in [0.25, 0.3) is 0 Å². The van der Waals surface area contributed by atoms with Crippen LogP contribution in [0.15, 0.2) is 24.3 Å². The van der Waals surface area contributed by atoms with E-state index in [1.165, 1.54) is 0 Å². The summed E-state index contributed by atoms with van der Waals surface area (Å²) >= 11 is 6.43. The molecule has 0 spiro atoms. The van der Waals surface area contributed by atoms with Crippen molar-refractivity contribution in [2.24, 2.45) is 5.92 Å². The number of hydrogen-bond acceptors (Lipinski definition) is 3. The molecular weight excluding hydrogens is 340 g/mol. The Morgan fingerprint density at radius 1 is 1.32 bits per heavy atom. The second-order valence-corrected chi connectivity index (χ2v) is 6.61. The Labute approximate surface area is 154 Å². The zero-order valence-corrected chi connectivity index (χ0v) is 16.0. The fourth-order valence-electron chi connectivity index (χ4n) is 3.53. The number of nitrogens with zero attached hydrogens (tertiary/aromatic N) is 2. The summed E-state index contributed by atoms with van der Waals surface area (Å²) in [5.74, 6) is -0.148. The Morgan fingerprint density at radius 3 is 2.60 bits per heavy atom. The zero-order chi connectivity index (χ0) is 18.4. The largest absolute Gasteiger partial charge is 0.383 e. The van der Waals surface area contributed by atoms with Crippen molar-refractivity contribution in [1.82, 2.24) is 9.80 Å². The van der Waals surface area contributed by atoms with E-state index in [1.54, 1.807) is 12.0 Å². The molecule has 2 rings (SSSR count). The highest BCUT2D eigenvalue weighted by Crippen LogP contribution is 2.40. The second-order valence-electron chi connectivity index (χ2n) is 6.20. The monoisotopic (exact) mass is 366 g/mol. The number of amides is 2. The highest BCUT2D eigenvalue weighted by Gasteiger charge is 2.42. The predicted molar refractivity (Wildman–Crippen MR) is 98.4 cm³/mol. The van der Waals surface area contributed by atoms with Gasteiger partial charge in [0.15, 0.2) is 0 Å². The minimum atomic E-state index is -0.349. The van der Waals surface area contributed by atoms with Crippen LogP contribution in [0.3, 0.4) is 0 Å². The van der Waals surface area contributed by atoms with Crippen molar-refractivity contribution in [3.63, 3.8) is 0 Å². The number of halogens is 1. The van der Waals surface area contributed by atoms with E-state index in [4.69, 9.17) is 16.3 Å². The standard InChI is InChI=1S/C19H27ClN2O3/c1-4-21(5-2)19(24)15-10-11-17(23)22(12-13-25-3)18(15)14-8-6-7-9-16(14)20/h6-9,15,18H,4-5,10-13H2,1-3H3/t15-,18+/m1/s1. The van der Waals surface area contributed by atoms with Gasteiger partial charge in [0, 0.05) is 38.2 Å². The molecule has 1 aliphatic heterocycles. The van der Waals surface area contributed by atoms with Gasteiger partial charge in [0.25, 0.3) is 0 Å². The summed E-state index contributed by atoms with van der Waals surface area (Å²) in [7, 11) is 1.61. The van der Waals surface area contributed by atoms with Crippen molar-refractivity contribution in [2.75, 3.05) is 33.4 Å². The summed E-state index contributed by atoms with van der Waals surface area (Å²) in [5.41, 5.74) is 0.832. The third kappa shape index (κ3) is 4.33. The Kier molecular flexibility index (Phi) is 7.26. The number of rotatable bonds is 7. The van der Waals surface area contributed by atoms with E-state index in [1.807, 2.05) is 43.0 Å². The first-order valence-electron chi connectivity index (χ1n) is 8.86. The normalized spacial score (nSPS) is 20.6. The third-order valence-electron chi connectivity index (χ3n) is 4.86. The molecule has 0 N–H and O–H groups in total. The minimum absolute atomic E-state index is 0.0468. The first-order chi connectivity index (χ1) is 12.0. The summed E-state index contributed by atoms with van der Waals surface area (Å²) < 4.78 is 5.17. The average molecular weight is 367 g/mol. The van der Waals surface area contributed by atoms with Crippen LogP contribution in [-0.2, 0) is 14.3 Å². The van der Waals surface area contributed by atoms with Gasteiger partial charge in [-0.15, -0.1) is 0 Å². The van der Waals surface area contributed by atoms with Gasteiger partial charge >= 0.3 is 0 Å². The molecule has 0 unspecified atom stereocenters. The molecule has 1 aromatic rings. The van der Waals surface area contributed by atoms with E-state index in [9.17, 15) is 9.59 Å². The number of likely N-dealkylation sites (tertiary alicyclic amines) is 1. The molecule has 1 heterocycles. The molecular formula is C19H27ClN2O3. The van der Waals surface area contributed by atoms with E-state index in [-0.39, 0.29) is 23.8 Å². The minimum Gasteiger partial charge on any atom is -0.383 e. The molecule has 5 nitrogen and oxygen atoms in total. The molecule has 138 valence electrons. The Hall–Kier alpha value is -1.59. The van der Waals surface area contributed by atoms with E-state index in [0.29, 0.717) is 44.1 Å². The van der Waals surface area contributed by atoms with E-state index in [2.05, 4.69) is 0 Å². The maximum Gasteiger partial charge on any atom is 0.228 e. The Morgan fingerprint density at radius 2 is 2.00 bits per heavy atom. The summed E-state index contributed by atoms with van der Waals surface area (Å²) in [4.78, 5) is 29.3. The van der Waals surface area contributed by atoms with Crippen molar-refractivity contribution in [1.29, 1.82) is 0 Å². The third-order valence-corrected chi connectivity index (χ3v) is 5.20. The van der Waals surface area contributed by atoms with Gasteiger partial charge in [0.1, 0.15) is 0 Å². The Balaban J connectivity index is 2.44. The van der Waals surface area contributed by atoms with Crippen molar-refractivity contribution < 1.29 is 14.3 Å². The number of hydrogen-bond donors (Lipinski definition) is 0. The van der Waals surface area contributed by atoms with Crippen LogP contribution in [-0.4, -0.2) is 55.0 Å². The maximum atomic E-state index is 13.1. The zero-order valence-electron chi connectivity index (χ0n) is 15.2. The van der Waals surface area contributed by atoms with Gasteiger partial charge in [-0.05, 0) is 31.9 Å². The quantitative estimate of drug-likeness (QED) is 0.744. The van der Waals surface area contributed by atoms with Crippen molar-refractivity contribution >= 4 is 23.4 Å². The van der Waals surface area contributed by atoms with Crippen molar-refractivity contribution in [3.8, 4) is 0 Å². The summed E-state index contributed by atoms with van der Waals surface area (Å²) in [5, 5.41) is 0.585. The number of piperidine rings is 1. The fraction of sp³-hybridized carbons (Fsp3) is 0.579. The van der Waals surface area contributed by atoms with E-state index < -0.39 is 0 Å².